The van der Waals surface area contributed by atoms with Gasteiger partial charge in [-0.1, -0.05) is 98.2 Å². The molecule has 0 aromatic heterocycles. The van der Waals surface area contributed by atoms with Crippen molar-refractivity contribution in [1.82, 2.24) is 46.2 Å². The van der Waals surface area contributed by atoms with Crippen molar-refractivity contribution < 1.29 is 154 Å². The van der Waals surface area contributed by atoms with Gasteiger partial charge in [0.15, 0.2) is 0 Å². The summed E-state index contributed by atoms with van der Waals surface area (Å²) >= 11 is 0. The zero-order chi connectivity index (χ0) is 101. The number of aliphatic hydroxyl groups is 4. The smallest absolute Gasteiger partial charge is 0.411 e. The van der Waals surface area contributed by atoms with Crippen LogP contribution in [-0.2, 0) is 126 Å². The number of nitrogens with two attached hydrogens (primary N) is 1. The van der Waals surface area contributed by atoms with Gasteiger partial charge in [-0.2, -0.15) is 0 Å². The third-order valence-electron chi connectivity index (χ3n) is 23.2. The van der Waals surface area contributed by atoms with Gasteiger partial charge in [-0.3, -0.25) is 58.3 Å². The van der Waals surface area contributed by atoms with Crippen molar-refractivity contribution in [1.29, 1.82) is 0 Å². The van der Waals surface area contributed by atoms with E-state index in [9.17, 15) is 73.2 Å². The van der Waals surface area contributed by atoms with Crippen LogP contribution < -0.4 is 42.4 Å². The normalized spacial score (nSPS) is 18.5. The molecule has 0 aliphatic carbocycles. The Labute approximate surface area is 804 Å². The van der Waals surface area contributed by atoms with Crippen molar-refractivity contribution in [3.63, 3.8) is 0 Å². The molecule has 2 aromatic rings. The number of likely N-dealkylation sites (N-methyl/N-ethyl adjacent to an activating group) is 2. The molecule has 5 rings (SSSR count). The topological polar surface area (TPSA) is 537 Å². The van der Waals surface area contributed by atoms with Crippen LogP contribution in [-0.4, -0.2) is 398 Å². The molecule has 778 valence electrons. The molecule has 0 radical (unpaired) electrons. The molecular weight excluding hydrogens is 1800 g/mol. The lowest BCUT2D eigenvalue weighted by molar-refractivity contribution is -0.241. The summed E-state index contributed by atoms with van der Waals surface area (Å²) < 4.78 is 95.6. The van der Waals surface area contributed by atoms with E-state index in [1.165, 1.54) is 44.4 Å². The van der Waals surface area contributed by atoms with Crippen LogP contribution in [0.15, 0.2) is 60.7 Å². The van der Waals surface area contributed by atoms with Crippen LogP contribution >= 0.6 is 0 Å². The Morgan fingerprint density at radius 1 is 0.591 bits per heavy atom. The SMILES string of the molecule is CCCNC(=O)[C@H](CCCCNC(=O)CCOCCOCCOCCOCCOCCOCCOCCOCCOCCOCCOCCOC(=O)Nc1cc(COC(=O)N(C)[C@H](C(=O)N[C@H](C(=O)N(C)[C@@H]([C@@H](C)CC)[C@@H](CC(=O)N2CCC[C@@H]2[C@H](OC)[C@@H](C)C(=O)N[C@H](C)[C@@H](O)c2ccccc2)OC)C(C)C)C(C)C)ccc1O[C@@H]1OC[C@H](O)[C@H](O)[C@H]1O)NC(=O)[C@@H](CN)N1C(=O)C=CC1=O. The fraction of sp³-hybridized carbons (Fsp3) is 0.734. The number of anilines is 1. The molecule has 3 heterocycles. The average Bonchev–Trinajstić information content (AvgIpc) is 1.72. The second-order valence-corrected chi connectivity index (χ2v) is 34.1. The zero-order valence-electron chi connectivity index (χ0n) is 82.1. The number of likely N-dealkylation sites (tertiary alicyclic amines) is 1. The first-order valence-corrected chi connectivity index (χ1v) is 47.6. The number of aliphatic hydroxyl groups excluding tert-OH is 4. The summed E-state index contributed by atoms with van der Waals surface area (Å²) in [6.45, 7) is 23.3. The van der Waals surface area contributed by atoms with E-state index in [1.807, 2.05) is 39.0 Å². The molecule has 137 heavy (non-hydrogen) atoms. The molecule has 11 amide bonds. The van der Waals surface area contributed by atoms with E-state index in [0.29, 0.717) is 182 Å². The van der Waals surface area contributed by atoms with Gasteiger partial charge in [-0.15, -0.1) is 0 Å². The van der Waals surface area contributed by atoms with Gasteiger partial charge in [0.25, 0.3) is 11.8 Å². The van der Waals surface area contributed by atoms with E-state index in [2.05, 4.69) is 31.9 Å². The molecule has 3 aliphatic heterocycles. The molecule has 0 bridgehead atoms. The van der Waals surface area contributed by atoms with Crippen molar-refractivity contribution in [3.05, 3.63) is 71.8 Å². The van der Waals surface area contributed by atoms with Crippen LogP contribution in [0.1, 0.15) is 137 Å². The number of benzene rings is 2. The second kappa shape index (κ2) is 67.5. The number of methoxy groups -OCH3 is 2. The van der Waals surface area contributed by atoms with Gasteiger partial charge in [0, 0.05) is 73.1 Å². The number of carbonyl (C=O) groups is 11. The Morgan fingerprint density at radius 2 is 1.13 bits per heavy atom. The highest BCUT2D eigenvalue weighted by Crippen LogP contribution is 2.33. The minimum absolute atomic E-state index is 0.00604. The van der Waals surface area contributed by atoms with Crippen molar-refractivity contribution in [2.75, 3.05) is 218 Å². The van der Waals surface area contributed by atoms with Gasteiger partial charge in [-0.25, -0.2) is 9.59 Å². The number of unbranched alkanes of at least 4 members (excludes halogenated alkanes) is 1. The zero-order valence-corrected chi connectivity index (χ0v) is 82.1. The lowest BCUT2D eigenvalue weighted by Crippen LogP contribution is -2.60. The molecule has 0 unspecified atom stereocenters. The summed E-state index contributed by atoms with van der Waals surface area (Å²) in [5.74, 6) is -6.26. The molecule has 43 nitrogen and oxygen atoms in total. The maximum Gasteiger partial charge on any atom is 0.411 e. The summed E-state index contributed by atoms with van der Waals surface area (Å²) in [6.07, 6.45) is -4.58. The minimum atomic E-state index is -1.70. The first-order valence-electron chi connectivity index (χ1n) is 47.6. The summed E-state index contributed by atoms with van der Waals surface area (Å²) in [6, 6.07) is 7.12. The van der Waals surface area contributed by atoms with Crippen LogP contribution in [0.3, 0.4) is 0 Å². The van der Waals surface area contributed by atoms with E-state index in [4.69, 9.17) is 86.3 Å². The van der Waals surface area contributed by atoms with Gasteiger partial charge in [0.05, 0.1) is 206 Å². The molecular formula is C94H155N11O32. The number of carbonyl (C=O) groups excluding carboxylic acids is 11. The van der Waals surface area contributed by atoms with Gasteiger partial charge in [0.1, 0.15) is 61.4 Å². The van der Waals surface area contributed by atoms with Gasteiger partial charge < -0.3 is 143 Å². The maximum absolute atomic E-state index is 14.9. The number of imide groups is 1. The van der Waals surface area contributed by atoms with Crippen LogP contribution in [0.2, 0.25) is 0 Å². The fourth-order valence-electron chi connectivity index (χ4n) is 15.4. The highest BCUT2D eigenvalue weighted by molar-refractivity contribution is 6.15. The number of rotatable bonds is 73. The summed E-state index contributed by atoms with van der Waals surface area (Å²) in [5.41, 5.74) is 6.67. The van der Waals surface area contributed by atoms with E-state index < -0.39 is 157 Å². The van der Waals surface area contributed by atoms with Crippen molar-refractivity contribution in [2.24, 2.45) is 29.4 Å². The molecule has 2 fully saturated rings. The molecule has 16 atom stereocenters. The number of amides is 11. The second-order valence-electron chi connectivity index (χ2n) is 34.1. The number of nitrogens with zero attached hydrogens (tertiary/aromatic N) is 4. The van der Waals surface area contributed by atoms with Crippen LogP contribution in [0.4, 0.5) is 15.3 Å². The third-order valence-corrected chi connectivity index (χ3v) is 23.2. The molecule has 43 heteroatoms. The van der Waals surface area contributed by atoms with Gasteiger partial charge >= 0.3 is 12.2 Å². The Hall–Kier alpha value is -8.81. The first-order chi connectivity index (χ1) is 65.8. The summed E-state index contributed by atoms with van der Waals surface area (Å²) in [4.78, 5) is 153. The summed E-state index contributed by atoms with van der Waals surface area (Å²) in [7, 11) is 6.00. The third kappa shape index (κ3) is 42.7. The van der Waals surface area contributed by atoms with Crippen LogP contribution in [0, 0.1) is 23.7 Å². The predicted octanol–water partition coefficient (Wildman–Crippen LogP) is 2.07. The predicted molar refractivity (Wildman–Crippen MR) is 498 cm³/mol. The summed E-state index contributed by atoms with van der Waals surface area (Å²) in [5, 5.41) is 58.9. The highest BCUT2D eigenvalue weighted by Gasteiger charge is 2.46. The Morgan fingerprint density at radius 3 is 1.64 bits per heavy atom. The molecule has 0 saturated carbocycles. The molecule has 12 N–H and O–H groups in total. The maximum atomic E-state index is 14.9. The lowest BCUT2D eigenvalue weighted by atomic mass is 9.89. The van der Waals surface area contributed by atoms with Crippen molar-refractivity contribution in [3.8, 4) is 5.75 Å². The fourth-order valence-corrected chi connectivity index (χ4v) is 15.4. The minimum Gasteiger partial charge on any atom is -0.460 e. The average molecular weight is 1950 g/mol. The number of nitrogens with one attached hydrogen (secondary N) is 6. The Bertz CT molecular complexity index is 3870. The first kappa shape index (κ1) is 119. The molecule has 2 aromatic carbocycles. The van der Waals surface area contributed by atoms with Crippen molar-refractivity contribution in [2.45, 2.75) is 212 Å². The van der Waals surface area contributed by atoms with E-state index in [-0.39, 0.29) is 107 Å². The number of hydrogen-bond donors (Lipinski definition) is 11. The quantitative estimate of drug-likeness (QED) is 0.0333. The van der Waals surface area contributed by atoms with Gasteiger partial charge in [0.2, 0.25) is 47.6 Å². The van der Waals surface area contributed by atoms with E-state index in [0.717, 1.165) is 22.0 Å². The molecule has 0 spiro atoms. The monoisotopic (exact) mass is 1950 g/mol. The largest absolute Gasteiger partial charge is 0.460 e. The van der Waals surface area contributed by atoms with E-state index in [1.54, 1.807) is 65.6 Å². The Balaban J connectivity index is 0.887. The number of hydrogen-bond acceptors (Lipinski definition) is 33. The van der Waals surface area contributed by atoms with Crippen LogP contribution in [0.5, 0.6) is 5.75 Å². The highest BCUT2D eigenvalue weighted by atomic mass is 16.7. The standard InChI is InChI=1S/C94H155N11O32/c1-14-31-97-88(115)69(99-89(116)72(59-95)105-77(108)28-29-78(105)109)24-19-20-32-96-76(107)30-34-123-35-36-124-37-38-125-39-40-126-41-42-127-43-44-128-45-46-129-47-48-130-49-50-131-51-52-132-53-54-133-55-56-134-93(119)100-70-57-67(26-27-74(70)137-92-85(113)84(112)73(106)61-135-92)60-136-94(120)103(11)81(63(5)6)90(117)101-80(62(3)4)91(118)102(10)82(64(7)15-2)75(121-12)58-79(110)104-33-21-25-71(104)86(122-13)65(8)87(114)98-66(9)83(111)68-22-17-16-18-23-68/h16-18,22-23,26-29,57,62-66,69,71-73,75,80-86,92,106,111-113H,14-15,19-21,24-25,30-56,58-61,95H2,1-13H3,(H,96,107)(H,97,115)(H,98,114)(H,99,116)(H,100,119)(H,101,117)/t64-,65+,66+,69-,71+,72+,73-,75+,80-,81-,82-,83+,84-,85+,86+,92-/m0/s1. The molecule has 2 saturated heterocycles. The van der Waals surface area contributed by atoms with Crippen molar-refractivity contribution >= 4 is 71.0 Å². The molecule has 3 aliphatic rings. The Kier molecular flexibility index (Phi) is 58.5. The van der Waals surface area contributed by atoms with E-state index >= 15 is 0 Å². The van der Waals surface area contributed by atoms with Crippen LogP contribution in [0.25, 0.3) is 0 Å². The van der Waals surface area contributed by atoms with Gasteiger partial charge in [-0.05, 0) is 86.5 Å². The number of ether oxygens (including phenoxy) is 17. The lowest BCUT2D eigenvalue weighted by Gasteiger charge is -2.41.